The number of aryl methyl sites for hydroxylation is 1. The lowest BCUT2D eigenvalue weighted by Crippen LogP contribution is -2.32. The number of carbonyl (C=O) groups excluding carboxylic acids is 4. The quantitative estimate of drug-likeness (QED) is 0.490. The zero-order valence-corrected chi connectivity index (χ0v) is 17.0. The van der Waals surface area contributed by atoms with Crippen molar-refractivity contribution in [3.63, 3.8) is 0 Å². The second-order valence-electron chi connectivity index (χ2n) is 6.85. The Hall–Kier alpha value is -3.33. The van der Waals surface area contributed by atoms with Gasteiger partial charge < -0.3 is 4.84 Å². The minimum absolute atomic E-state index is 0.0277. The van der Waals surface area contributed by atoms with E-state index in [-0.39, 0.29) is 41.0 Å². The van der Waals surface area contributed by atoms with Crippen molar-refractivity contribution in [2.45, 2.75) is 31.1 Å². The van der Waals surface area contributed by atoms with E-state index in [0.29, 0.717) is 5.06 Å². The van der Waals surface area contributed by atoms with Crippen molar-refractivity contribution in [1.82, 2.24) is 5.06 Å². The lowest BCUT2D eigenvalue weighted by atomic mass is 10.1. The Bertz CT molecular complexity index is 1100. The van der Waals surface area contributed by atoms with Gasteiger partial charge in [-0.25, -0.2) is 13.2 Å². The molecule has 1 saturated heterocycles. The maximum absolute atomic E-state index is 12.5. The van der Waals surface area contributed by atoms with Gasteiger partial charge in [-0.15, -0.1) is 5.06 Å². The van der Waals surface area contributed by atoms with Crippen LogP contribution in [0.25, 0.3) is 0 Å². The molecule has 0 saturated carbocycles. The van der Waals surface area contributed by atoms with Crippen LogP contribution in [0.1, 0.15) is 45.5 Å². The van der Waals surface area contributed by atoms with Crippen LogP contribution in [0.3, 0.4) is 0 Å². The Morgan fingerprint density at radius 2 is 1.57 bits per heavy atom. The summed E-state index contributed by atoms with van der Waals surface area (Å²) in [6.45, 7) is 1.84. The van der Waals surface area contributed by atoms with Gasteiger partial charge in [0.05, 0.1) is 16.2 Å². The van der Waals surface area contributed by atoms with Crippen molar-refractivity contribution < 1.29 is 32.4 Å². The fraction of sp³-hybridized carbons (Fsp3) is 0.238. The molecule has 2 aromatic carbocycles. The van der Waals surface area contributed by atoms with Gasteiger partial charge in [0, 0.05) is 24.8 Å². The average molecular weight is 429 g/mol. The SMILES string of the molecule is Cc1ccc(S(=O)(=O)CCC(=O)c2cccc(C(=O)ON3C(=O)CCC3=O)c2)cc1. The minimum atomic E-state index is -3.63. The van der Waals surface area contributed by atoms with E-state index in [1.54, 1.807) is 12.1 Å². The molecule has 0 unspecified atom stereocenters. The number of hydrogen-bond acceptors (Lipinski definition) is 7. The van der Waals surface area contributed by atoms with Gasteiger partial charge in [-0.1, -0.05) is 29.8 Å². The average Bonchev–Trinajstić information content (AvgIpc) is 3.04. The molecule has 2 aromatic rings. The smallest absolute Gasteiger partial charge is 0.325 e. The molecule has 156 valence electrons. The van der Waals surface area contributed by atoms with Crippen LogP contribution < -0.4 is 0 Å². The van der Waals surface area contributed by atoms with Crippen LogP contribution in [0.15, 0.2) is 53.4 Å². The third kappa shape index (κ3) is 4.80. The summed E-state index contributed by atoms with van der Waals surface area (Å²) in [6, 6.07) is 11.8. The van der Waals surface area contributed by atoms with Gasteiger partial charge in [0.25, 0.3) is 11.8 Å². The van der Waals surface area contributed by atoms with E-state index in [9.17, 15) is 27.6 Å². The summed E-state index contributed by atoms with van der Waals surface area (Å²) < 4.78 is 24.8. The largest absolute Gasteiger partial charge is 0.363 e. The third-order valence-corrected chi connectivity index (χ3v) is 6.31. The molecule has 30 heavy (non-hydrogen) atoms. The molecule has 0 atom stereocenters. The zero-order chi connectivity index (χ0) is 21.9. The Morgan fingerprint density at radius 1 is 0.967 bits per heavy atom. The summed E-state index contributed by atoms with van der Waals surface area (Å²) >= 11 is 0. The first-order valence-electron chi connectivity index (χ1n) is 9.18. The molecule has 3 rings (SSSR count). The second-order valence-corrected chi connectivity index (χ2v) is 8.96. The van der Waals surface area contributed by atoms with Crippen molar-refractivity contribution in [3.8, 4) is 0 Å². The summed E-state index contributed by atoms with van der Waals surface area (Å²) in [6.07, 6.45) is -0.321. The van der Waals surface area contributed by atoms with Crippen molar-refractivity contribution in [2.75, 3.05) is 5.75 Å². The van der Waals surface area contributed by atoms with Crippen molar-refractivity contribution in [2.24, 2.45) is 0 Å². The number of hydrogen-bond donors (Lipinski definition) is 0. The Labute approximate surface area is 173 Å². The molecular formula is C21H19NO7S. The molecule has 0 spiro atoms. The summed E-state index contributed by atoms with van der Waals surface area (Å²) in [5.41, 5.74) is 1.02. The van der Waals surface area contributed by atoms with Crippen LogP contribution in [0.4, 0.5) is 0 Å². The fourth-order valence-electron chi connectivity index (χ4n) is 2.85. The molecule has 9 heteroatoms. The number of imide groups is 1. The maximum Gasteiger partial charge on any atom is 0.363 e. The van der Waals surface area contributed by atoms with Crippen LogP contribution in [-0.2, 0) is 24.3 Å². The summed E-state index contributed by atoms with van der Waals surface area (Å²) in [4.78, 5) is 52.8. The topological polar surface area (TPSA) is 115 Å². The predicted octanol–water partition coefficient (Wildman–Crippen LogP) is 2.26. The number of hydroxylamine groups is 2. The van der Waals surface area contributed by atoms with Gasteiger partial charge in [-0.05, 0) is 31.2 Å². The van der Waals surface area contributed by atoms with Crippen LogP contribution in [0.5, 0.6) is 0 Å². The highest BCUT2D eigenvalue weighted by Gasteiger charge is 2.33. The van der Waals surface area contributed by atoms with Crippen molar-refractivity contribution in [1.29, 1.82) is 0 Å². The van der Waals surface area contributed by atoms with E-state index in [2.05, 4.69) is 0 Å². The number of ketones is 1. The number of nitrogens with zero attached hydrogens (tertiary/aromatic N) is 1. The summed E-state index contributed by atoms with van der Waals surface area (Å²) in [5, 5.41) is 0.422. The number of sulfone groups is 1. The molecule has 1 fully saturated rings. The van der Waals surface area contributed by atoms with Gasteiger partial charge in [-0.2, -0.15) is 0 Å². The van der Waals surface area contributed by atoms with Crippen LogP contribution in [-0.4, -0.2) is 42.8 Å². The number of carbonyl (C=O) groups is 4. The van der Waals surface area contributed by atoms with Crippen LogP contribution in [0, 0.1) is 6.92 Å². The molecule has 0 bridgehead atoms. The van der Waals surface area contributed by atoms with Crippen LogP contribution in [0.2, 0.25) is 0 Å². The summed E-state index contributed by atoms with van der Waals surface area (Å²) in [7, 11) is -3.63. The summed E-state index contributed by atoms with van der Waals surface area (Å²) in [5.74, 6) is -3.02. The minimum Gasteiger partial charge on any atom is -0.325 e. The van der Waals surface area contributed by atoms with Gasteiger partial charge >= 0.3 is 5.97 Å². The van der Waals surface area contributed by atoms with Gasteiger partial charge in [0.15, 0.2) is 15.6 Å². The van der Waals surface area contributed by atoms with E-state index in [4.69, 9.17) is 4.84 Å². The molecule has 1 heterocycles. The van der Waals surface area contributed by atoms with Crippen molar-refractivity contribution >= 4 is 33.4 Å². The molecule has 0 radical (unpaired) electrons. The van der Waals surface area contributed by atoms with E-state index in [0.717, 1.165) is 5.56 Å². The highest BCUT2D eigenvalue weighted by molar-refractivity contribution is 7.91. The molecule has 0 aliphatic carbocycles. The van der Waals surface area contributed by atoms with Gasteiger partial charge in [0.2, 0.25) is 0 Å². The lowest BCUT2D eigenvalue weighted by Gasteiger charge is -2.12. The maximum atomic E-state index is 12.5. The highest BCUT2D eigenvalue weighted by Crippen LogP contribution is 2.17. The first-order valence-corrected chi connectivity index (χ1v) is 10.8. The lowest BCUT2D eigenvalue weighted by molar-refractivity contribution is -0.172. The van der Waals surface area contributed by atoms with E-state index >= 15 is 0 Å². The molecule has 8 nitrogen and oxygen atoms in total. The van der Waals surface area contributed by atoms with Crippen molar-refractivity contribution in [3.05, 3.63) is 65.2 Å². The number of amides is 2. The van der Waals surface area contributed by atoms with Gasteiger partial charge in [0.1, 0.15) is 0 Å². The predicted molar refractivity (Wildman–Crippen MR) is 105 cm³/mol. The molecule has 0 aromatic heterocycles. The first kappa shape index (κ1) is 21.4. The molecular weight excluding hydrogens is 410 g/mol. The van der Waals surface area contributed by atoms with Crippen LogP contribution >= 0.6 is 0 Å². The Balaban J connectivity index is 1.67. The van der Waals surface area contributed by atoms with E-state index < -0.39 is 33.4 Å². The standard InChI is InChI=1S/C21H19NO7S/c1-14-5-7-17(8-6-14)30(27,28)12-11-18(23)15-3-2-4-16(13-15)21(26)29-22-19(24)9-10-20(22)25/h2-8,13H,9-12H2,1H3. The normalized spacial score (nSPS) is 14.1. The van der Waals surface area contributed by atoms with E-state index in [1.165, 1.54) is 36.4 Å². The molecule has 1 aliphatic heterocycles. The first-order chi connectivity index (χ1) is 14.2. The van der Waals surface area contributed by atoms with Gasteiger partial charge in [-0.3, -0.25) is 14.4 Å². The Morgan fingerprint density at radius 3 is 2.20 bits per heavy atom. The second kappa shape index (κ2) is 8.58. The molecule has 2 amide bonds. The Kier molecular flexibility index (Phi) is 6.12. The monoisotopic (exact) mass is 429 g/mol. The molecule has 1 aliphatic rings. The third-order valence-electron chi connectivity index (χ3n) is 4.58. The number of rotatable bonds is 7. The number of benzene rings is 2. The zero-order valence-electron chi connectivity index (χ0n) is 16.2. The number of Topliss-reactive ketones (excluding diaryl/α,β-unsaturated/α-hetero) is 1. The highest BCUT2D eigenvalue weighted by atomic mass is 32.2. The van der Waals surface area contributed by atoms with E-state index in [1.807, 2.05) is 6.92 Å². The molecule has 0 N–H and O–H groups in total. The fourth-order valence-corrected chi connectivity index (χ4v) is 4.09.